The Bertz CT molecular complexity index is 853. The Morgan fingerprint density at radius 2 is 1.74 bits per heavy atom. The number of ether oxygens (including phenoxy) is 2. The molecule has 8 heteroatoms. The Morgan fingerprint density at radius 1 is 1.07 bits per heavy atom. The van der Waals surface area contributed by atoms with Gasteiger partial charge in [0, 0.05) is 0 Å². The van der Waals surface area contributed by atoms with E-state index in [1.165, 1.54) is 7.11 Å². The molecule has 0 unspecified atom stereocenters. The highest BCUT2D eigenvalue weighted by atomic mass is 16.5. The summed E-state index contributed by atoms with van der Waals surface area (Å²) in [6, 6.07) is 14.8. The standard InChI is InChI=1S/C19H19N3O5/c1-19(13-8-10-14(26-2)11-9-13)17(24)22(18(25)20-19)21-16(23)12-27-15-6-4-3-5-7-15/h3-11H,12H2,1-2H3,(H,20,25)(H,21,23)/t19-/m1/s1. The van der Waals surface area contributed by atoms with Gasteiger partial charge in [-0.2, -0.15) is 5.01 Å². The maximum atomic E-state index is 12.8. The second kappa shape index (κ2) is 7.36. The molecule has 0 aromatic heterocycles. The van der Waals surface area contributed by atoms with E-state index in [9.17, 15) is 14.4 Å². The van der Waals surface area contributed by atoms with Gasteiger partial charge in [-0.25, -0.2) is 4.79 Å². The average molecular weight is 369 g/mol. The van der Waals surface area contributed by atoms with E-state index in [0.29, 0.717) is 22.1 Å². The topological polar surface area (TPSA) is 97.0 Å². The van der Waals surface area contributed by atoms with Gasteiger partial charge in [0.2, 0.25) is 0 Å². The molecule has 3 rings (SSSR count). The van der Waals surface area contributed by atoms with Crippen LogP contribution in [0.1, 0.15) is 12.5 Å². The average Bonchev–Trinajstić information content (AvgIpc) is 2.91. The minimum absolute atomic E-state index is 0.333. The molecule has 0 spiro atoms. The van der Waals surface area contributed by atoms with E-state index in [-0.39, 0.29) is 6.61 Å². The van der Waals surface area contributed by atoms with Crippen molar-refractivity contribution in [2.45, 2.75) is 12.5 Å². The third-order valence-corrected chi connectivity index (χ3v) is 4.21. The molecule has 140 valence electrons. The lowest BCUT2D eigenvalue weighted by atomic mass is 9.92. The number of para-hydroxylation sites is 1. The number of carbonyl (C=O) groups is 3. The Balaban J connectivity index is 1.67. The summed E-state index contributed by atoms with van der Waals surface area (Å²) < 4.78 is 10.4. The monoisotopic (exact) mass is 369 g/mol. The molecule has 2 aromatic carbocycles. The van der Waals surface area contributed by atoms with E-state index in [1.807, 2.05) is 6.07 Å². The molecular weight excluding hydrogens is 350 g/mol. The summed E-state index contributed by atoms with van der Waals surface area (Å²) >= 11 is 0. The molecule has 1 fully saturated rings. The molecule has 1 aliphatic rings. The minimum atomic E-state index is -1.29. The fourth-order valence-corrected chi connectivity index (χ4v) is 2.68. The first-order valence-electron chi connectivity index (χ1n) is 8.22. The quantitative estimate of drug-likeness (QED) is 0.754. The number of hydrazine groups is 1. The molecule has 1 saturated heterocycles. The summed E-state index contributed by atoms with van der Waals surface area (Å²) in [4.78, 5) is 37.0. The van der Waals surface area contributed by atoms with E-state index in [0.717, 1.165) is 0 Å². The normalized spacial score (nSPS) is 18.8. The van der Waals surface area contributed by atoms with Crippen LogP contribution in [0.15, 0.2) is 54.6 Å². The van der Waals surface area contributed by atoms with E-state index in [4.69, 9.17) is 9.47 Å². The van der Waals surface area contributed by atoms with Crippen LogP contribution in [0.5, 0.6) is 11.5 Å². The Kier molecular flexibility index (Phi) is 4.98. The molecule has 1 atom stereocenters. The van der Waals surface area contributed by atoms with Gasteiger partial charge >= 0.3 is 6.03 Å². The molecule has 0 bridgehead atoms. The highest BCUT2D eigenvalue weighted by molar-refractivity contribution is 6.08. The Labute approximate surface area is 156 Å². The number of nitrogens with zero attached hydrogens (tertiary/aromatic N) is 1. The lowest BCUT2D eigenvalue weighted by Crippen LogP contribution is -2.49. The molecular formula is C19H19N3O5. The van der Waals surface area contributed by atoms with Crippen LogP contribution in [0, 0.1) is 0 Å². The number of carbonyl (C=O) groups excluding carboxylic acids is 3. The van der Waals surface area contributed by atoms with Gasteiger partial charge in [-0.3, -0.25) is 15.0 Å². The fourth-order valence-electron chi connectivity index (χ4n) is 2.68. The summed E-state index contributed by atoms with van der Waals surface area (Å²) in [5.74, 6) is -0.0812. The summed E-state index contributed by atoms with van der Waals surface area (Å²) in [5.41, 5.74) is 1.55. The number of imide groups is 1. The van der Waals surface area contributed by atoms with Crippen LogP contribution >= 0.6 is 0 Å². The second-order valence-electron chi connectivity index (χ2n) is 6.06. The number of hydrogen-bond donors (Lipinski definition) is 2. The summed E-state index contributed by atoms with van der Waals surface area (Å²) in [7, 11) is 1.54. The zero-order valence-corrected chi connectivity index (χ0v) is 14.9. The van der Waals surface area contributed by atoms with Crippen molar-refractivity contribution in [2.24, 2.45) is 0 Å². The smallest absolute Gasteiger partial charge is 0.344 e. The third kappa shape index (κ3) is 3.69. The Hall–Kier alpha value is -3.55. The molecule has 1 aliphatic heterocycles. The van der Waals surface area contributed by atoms with Crippen LogP contribution in [0.2, 0.25) is 0 Å². The van der Waals surface area contributed by atoms with Gasteiger partial charge < -0.3 is 14.8 Å². The van der Waals surface area contributed by atoms with E-state index >= 15 is 0 Å². The molecule has 0 saturated carbocycles. The third-order valence-electron chi connectivity index (χ3n) is 4.21. The van der Waals surface area contributed by atoms with Gasteiger partial charge in [-0.15, -0.1) is 0 Å². The van der Waals surface area contributed by atoms with Crippen molar-refractivity contribution in [1.29, 1.82) is 0 Å². The lowest BCUT2D eigenvalue weighted by Gasteiger charge is -2.22. The largest absolute Gasteiger partial charge is 0.497 e. The molecule has 4 amide bonds. The highest BCUT2D eigenvalue weighted by Gasteiger charge is 2.50. The van der Waals surface area contributed by atoms with Gasteiger partial charge in [0.05, 0.1) is 7.11 Å². The number of urea groups is 1. The van der Waals surface area contributed by atoms with Gasteiger partial charge in [0.1, 0.15) is 17.0 Å². The van der Waals surface area contributed by atoms with E-state index in [1.54, 1.807) is 55.5 Å². The second-order valence-corrected chi connectivity index (χ2v) is 6.06. The van der Waals surface area contributed by atoms with Crippen LogP contribution < -0.4 is 20.2 Å². The van der Waals surface area contributed by atoms with Crippen molar-refractivity contribution in [3.05, 3.63) is 60.2 Å². The van der Waals surface area contributed by atoms with Crippen molar-refractivity contribution >= 4 is 17.8 Å². The van der Waals surface area contributed by atoms with E-state index in [2.05, 4.69) is 10.7 Å². The van der Waals surface area contributed by atoms with Crippen LogP contribution in [0.4, 0.5) is 4.79 Å². The molecule has 1 heterocycles. The van der Waals surface area contributed by atoms with Crippen molar-refractivity contribution in [3.8, 4) is 11.5 Å². The number of benzene rings is 2. The van der Waals surface area contributed by atoms with Gasteiger partial charge in [-0.1, -0.05) is 30.3 Å². The van der Waals surface area contributed by atoms with Crippen LogP contribution in [0.3, 0.4) is 0 Å². The van der Waals surface area contributed by atoms with Crippen molar-refractivity contribution in [1.82, 2.24) is 15.8 Å². The SMILES string of the molecule is COc1ccc([C@@]2(C)NC(=O)N(NC(=O)COc3ccccc3)C2=O)cc1. The molecule has 0 aliphatic carbocycles. The van der Waals surface area contributed by atoms with Gasteiger partial charge in [0.25, 0.3) is 11.8 Å². The van der Waals surface area contributed by atoms with Gasteiger partial charge in [-0.05, 0) is 36.8 Å². The first kappa shape index (κ1) is 18.2. The minimum Gasteiger partial charge on any atom is -0.497 e. The predicted octanol–water partition coefficient (Wildman–Crippen LogP) is 1.57. The Morgan fingerprint density at radius 3 is 2.37 bits per heavy atom. The number of methoxy groups -OCH3 is 1. The highest BCUT2D eigenvalue weighted by Crippen LogP contribution is 2.29. The molecule has 27 heavy (non-hydrogen) atoms. The zero-order chi connectivity index (χ0) is 19.4. The molecule has 8 nitrogen and oxygen atoms in total. The van der Waals surface area contributed by atoms with Crippen LogP contribution in [0.25, 0.3) is 0 Å². The zero-order valence-electron chi connectivity index (χ0n) is 14.9. The van der Waals surface area contributed by atoms with Crippen LogP contribution in [-0.2, 0) is 15.1 Å². The lowest BCUT2D eigenvalue weighted by molar-refractivity contribution is -0.139. The number of hydrogen-bond acceptors (Lipinski definition) is 5. The van der Waals surface area contributed by atoms with Crippen molar-refractivity contribution in [2.75, 3.05) is 13.7 Å². The predicted molar refractivity (Wildman–Crippen MR) is 95.8 cm³/mol. The van der Waals surface area contributed by atoms with Crippen LogP contribution in [-0.4, -0.2) is 36.6 Å². The summed E-state index contributed by atoms with van der Waals surface area (Å²) in [6.07, 6.45) is 0. The number of amides is 4. The molecule has 2 aromatic rings. The first-order valence-corrected chi connectivity index (χ1v) is 8.22. The molecule has 2 N–H and O–H groups in total. The number of nitrogens with one attached hydrogen (secondary N) is 2. The summed E-state index contributed by atoms with van der Waals surface area (Å²) in [5, 5.41) is 3.27. The number of rotatable bonds is 6. The maximum absolute atomic E-state index is 12.8. The molecule has 0 radical (unpaired) electrons. The maximum Gasteiger partial charge on any atom is 0.344 e. The van der Waals surface area contributed by atoms with Gasteiger partial charge in [0.15, 0.2) is 6.61 Å². The first-order chi connectivity index (χ1) is 12.9. The van der Waals surface area contributed by atoms with E-state index < -0.39 is 23.4 Å². The summed E-state index contributed by atoms with van der Waals surface area (Å²) in [6.45, 7) is 1.24. The van der Waals surface area contributed by atoms with Crippen molar-refractivity contribution < 1.29 is 23.9 Å². The fraction of sp³-hybridized carbons (Fsp3) is 0.211. The van der Waals surface area contributed by atoms with Crippen molar-refractivity contribution in [3.63, 3.8) is 0 Å².